The van der Waals surface area contributed by atoms with Gasteiger partial charge in [-0.25, -0.2) is 0 Å². The Hall–Kier alpha value is -2.73. The molecule has 0 bridgehead atoms. The molecule has 2 aromatic carbocycles. The van der Waals surface area contributed by atoms with Gasteiger partial charge in [-0.15, -0.1) is 0 Å². The van der Waals surface area contributed by atoms with Crippen molar-refractivity contribution in [1.29, 1.82) is 0 Å². The summed E-state index contributed by atoms with van der Waals surface area (Å²) in [6, 6.07) is 9.98. The first-order chi connectivity index (χ1) is 11.9. The van der Waals surface area contributed by atoms with Gasteiger partial charge >= 0.3 is 0 Å². The zero-order chi connectivity index (χ0) is 18.0. The molecule has 1 heterocycles. The number of rotatable bonds is 4. The van der Waals surface area contributed by atoms with Crippen LogP contribution in [0.15, 0.2) is 36.4 Å². The molecule has 2 N–H and O–H groups in total. The Morgan fingerprint density at radius 2 is 1.68 bits per heavy atom. The average molecular weight is 361 g/mol. The number of ether oxygens (including phenoxy) is 2. The lowest BCUT2D eigenvalue weighted by Crippen LogP contribution is -2.17. The van der Waals surface area contributed by atoms with E-state index in [1.807, 2.05) is 13.8 Å². The number of fused-ring (bicyclic) bond motifs is 1. The van der Waals surface area contributed by atoms with E-state index >= 15 is 0 Å². The summed E-state index contributed by atoms with van der Waals surface area (Å²) in [4.78, 5) is 24.1. The van der Waals surface area contributed by atoms with E-state index in [4.69, 9.17) is 21.1 Å². The molecule has 0 saturated carbocycles. The Labute approximate surface area is 150 Å². The van der Waals surface area contributed by atoms with E-state index in [1.54, 1.807) is 30.3 Å². The number of hydrogen-bond donors (Lipinski definition) is 2. The molecule has 0 unspecified atom stereocenters. The van der Waals surface area contributed by atoms with Crippen molar-refractivity contribution in [3.8, 4) is 11.5 Å². The second-order valence-electron chi connectivity index (χ2n) is 5.87. The topological polar surface area (TPSA) is 76.7 Å². The summed E-state index contributed by atoms with van der Waals surface area (Å²) in [5.41, 5.74) is 1.63. The Kier molecular flexibility index (Phi) is 4.81. The van der Waals surface area contributed by atoms with Gasteiger partial charge in [-0.05, 0) is 36.4 Å². The van der Waals surface area contributed by atoms with Gasteiger partial charge in [0, 0.05) is 22.9 Å². The van der Waals surface area contributed by atoms with Gasteiger partial charge in [0.2, 0.25) is 12.7 Å². The number of anilines is 2. The highest BCUT2D eigenvalue weighted by molar-refractivity contribution is 6.32. The van der Waals surface area contributed by atoms with Gasteiger partial charge in [0.05, 0.1) is 5.02 Å². The average Bonchev–Trinajstić information content (AvgIpc) is 3.05. The first-order valence-electron chi connectivity index (χ1n) is 7.75. The van der Waals surface area contributed by atoms with E-state index in [9.17, 15) is 9.59 Å². The van der Waals surface area contributed by atoms with Crippen molar-refractivity contribution in [3.05, 3.63) is 47.0 Å². The quantitative estimate of drug-likeness (QED) is 0.866. The fourth-order valence-corrected chi connectivity index (χ4v) is 2.49. The van der Waals surface area contributed by atoms with E-state index in [-0.39, 0.29) is 24.5 Å². The highest BCUT2D eigenvalue weighted by Gasteiger charge is 2.20. The number of nitrogens with one attached hydrogen (secondary N) is 2. The highest BCUT2D eigenvalue weighted by atomic mass is 35.5. The summed E-state index contributed by atoms with van der Waals surface area (Å²) in [6.45, 7) is 3.73. The van der Waals surface area contributed by atoms with Gasteiger partial charge in [0.15, 0.2) is 11.5 Å². The van der Waals surface area contributed by atoms with Crippen LogP contribution in [-0.2, 0) is 4.79 Å². The highest BCUT2D eigenvalue weighted by Crippen LogP contribution is 2.39. The molecule has 0 spiro atoms. The van der Waals surface area contributed by atoms with Crippen LogP contribution >= 0.6 is 11.6 Å². The number of amides is 2. The molecule has 25 heavy (non-hydrogen) atoms. The molecular weight excluding hydrogens is 344 g/mol. The van der Waals surface area contributed by atoms with Crippen molar-refractivity contribution in [2.24, 2.45) is 5.92 Å². The van der Waals surface area contributed by atoms with Crippen molar-refractivity contribution in [2.45, 2.75) is 13.8 Å². The molecule has 2 amide bonds. The van der Waals surface area contributed by atoms with Crippen LogP contribution in [0.3, 0.4) is 0 Å². The van der Waals surface area contributed by atoms with Crippen molar-refractivity contribution in [1.82, 2.24) is 0 Å². The van der Waals surface area contributed by atoms with Crippen LogP contribution in [0, 0.1) is 5.92 Å². The van der Waals surface area contributed by atoms with Crippen molar-refractivity contribution in [3.63, 3.8) is 0 Å². The summed E-state index contributed by atoms with van der Waals surface area (Å²) < 4.78 is 10.5. The summed E-state index contributed by atoms with van der Waals surface area (Å²) in [7, 11) is 0. The van der Waals surface area contributed by atoms with E-state index in [0.717, 1.165) is 0 Å². The van der Waals surface area contributed by atoms with Crippen molar-refractivity contribution >= 4 is 34.8 Å². The molecule has 0 aliphatic carbocycles. The molecule has 0 radical (unpaired) electrons. The van der Waals surface area contributed by atoms with Gasteiger partial charge in [0.1, 0.15) is 0 Å². The molecule has 6 nitrogen and oxygen atoms in total. The van der Waals surface area contributed by atoms with Gasteiger partial charge in [-0.3, -0.25) is 9.59 Å². The van der Waals surface area contributed by atoms with Gasteiger partial charge in [-0.1, -0.05) is 25.4 Å². The van der Waals surface area contributed by atoms with Gasteiger partial charge in [-0.2, -0.15) is 0 Å². The Morgan fingerprint density at radius 3 is 2.32 bits per heavy atom. The monoisotopic (exact) mass is 360 g/mol. The molecule has 0 aromatic heterocycles. The van der Waals surface area contributed by atoms with Gasteiger partial charge in [0.25, 0.3) is 5.91 Å². The number of halogens is 1. The fraction of sp³-hybridized carbons (Fsp3) is 0.222. The molecule has 2 aromatic rings. The maximum Gasteiger partial charge on any atom is 0.255 e. The zero-order valence-electron chi connectivity index (χ0n) is 13.8. The van der Waals surface area contributed by atoms with Gasteiger partial charge < -0.3 is 20.1 Å². The molecule has 7 heteroatoms. The minimum absolute atomic E-state index is 0.0632. The smallest absolute Gasteiger partial charge is 0.255 e. The minimum Gasteiger partial charge on any atom is -0.454 e. The van der Waals surface area contributed by atoms with Crippen LogP contribution in [0.4, 0.5) is 11.4 Å². The Bertz CT molecular complexity index is 819. The van der Waals surface area contributed by atoms with Crippen LogP contribution in [-0.4, -0.2) is 18.6 Å². The molecule has 3 rings (SSSR count). The summed E-state index contributed by atoms with van der Waals surface area (Å²) in [5.74, 6) is 0.411. The van der Waals surface area contributed by atoms with Crippen LogP contribution < -0.4 is 20.1 Å². The molecule has 0 fully saturated rings. The molecule has 0 saturated heterocycles. The van der Waals surface area contributed by atoms with Crippen LogP contribution in [0.1, 0.15) is 24.2 Å². The molecule has 1 aliphatic rings. The maximum atomic E-state index is 12.4. The third-order valence-electron chi connectivity index (χ3n) is 3.62. The lowest BCUT2D eigenvalue weighted by atomic mass is 10.1. The van der Waals surface area contributed by atoms with Crippen LogP contribution in [0.5, 0.6) is 11.5 Å². The van der Waals surface area contributed by atoms with Crippen molar-refractivity contribution in [2.75, 3.05) is 17.4 Å². The normalized spacial score (nSPS) is 12.2. The minimum atomic E-state index is -0.320. The summed E-state index contributed by atoms with van der Waals surface area (Å²) >= 11 is 6.09. The lowest BCUT2D eigenvalue weighted by molar-refractivity contribution is -0.118. The van der Waals surface area contributed by atoms with E-state index in [1.165, 1.54) is 6.07 Å². The lowest BCUT2D eigenvalue weighted by Gasteiger charge is -2.10. The number of hydrogen-bond acceptors (Lipinski definition) is 4. The number of benzene rings is 2. The molecule has 0 atom stereocenters. The summed E-state index contributed by atoms with van der Waals surface area (Å²) in [6.07, 6.45) is 0. The maximum absolute atomic E-state index is 12.4. The molecule has 130 valence electrons. The number of carbonyl (C=O) groups is 2. The van der Waals surface area contributed by atoms with Crippen LogP contribution in [0.25, 0.3) is 0 Å². The Morgan fingerprint density at radius 1 is 1.04 bits per heavy atom. The first-order valence-corrected chi connectivity index (χ1v) is 8.13. The standard InChI is InChI=1S/C18H17ClN2O4/c1-10(2)17(22)20-12-3-5-13(6-4-12)21-18(23)11-7-14(19)16-15(8-11)24-9-25-16/h3-8,10H,9H2,1-2H3,(H,20,22)(H,21,23). The molecule has 1 aliphatic heterocycles. The van der Waals surface area contributed by atoms with Crippen LogP contribution in [0.2, 0.25) is 5.02 Å². The third kappa shape index (κ3) is 3.85. The predicted molar refractivity (Wildman–Crippen MR) is 95.4 cm³/mol. The van der Waals surface area contributed by atoms with E-state index in [2.05, 4.69) is 10.6 Å². The second-order valence-corrected chi connectivity index (χ2v) is 6.27. The predicted octanol–water partition coefficient (Wildman–Crippen LogP) is 3.92. The number of carbonyl (C=O) groups excluding carboxylic acids is 2. The summed E-state index contributed by atoms with van der Waals surface area (Å²) in [5, 5.41) is 5.89. The van der Waals surface area contributed by atoms with E-state index < -0.39 is 0 Å². The first kappa shape index (κ1) is 17.1. The SMILES string of the molecule is CC(C)C(=O)Nc1ccc(NC(=O)c2cc(Cl)c3c(c2)OCO3)cc1. The second kappa shape index (κ2) is 7.03. The third-order valence-corrected chi connectivity index (χ3v) is 3.90. The zero-order valence-corrected chi connectivity index (χ0v) is 14.5. The van der Waals surface area contributed by atoms with Crippen molar-refractivity contribution < 1.29 is 19.1 Å². The largest absolute Gasteiger partial charge is 0.454 e. The van der Waals surface area contributed by atoms with E-state index in [0.29, 0.717) is 33.5 Å². The molecular formula is C18H17ClN2O4. The Balaban J connectivity index is 1.69. The fourth-order valence-electron chi connectivity index (χ4n) is 2.23.